The molecule has 0 aliphatic rings. The maximum absolute atomic E-state index is 13.5. The summed E-state index contributed by atoms with van der Waals surface area (Å²) in [6.45, 7) is -0.209. The molecule has 2 rings (SSSR count). The Balaban J connectivity index is 2.03. The van der Waals surface area contributed by atoms with Crippen molar-refractivity contribution >= 4 is 11.7 Å². The van der Waals surface area contributed by atoms with Crippen LogP contribution < -0.4 is 10.5 Å². The smallest absolute Gasteiger partial charge is 0.251 e. The van der Waals surface area contributed by atoms with Gasteiger partial charge in [0.1, 0.15) is 11.6 Å². The van der Waals surface area contributed by atoms with Gasteiger partial charge in [0.25, 0.3) is 5.91 Å². The van der Waals surface area contributed by atoms with Crippen LogP contribution in [0.15, 0.2) is 48.5 Å². The largest absolute Gasteiger partial charge is 0.485 e. The van der Waals surface area contributed by atoms with Gasteiger partial charge in [0.05, 0.1) is 5.56 Å². The molecule has 0 atom stereocenters. The van der Waals surface area contributed by atoms with E-state index in [-0.39, 0.29) is 23.7 Å². The molecule has 20 heavy (non-hydrogen) atoms. The SMILES string of the molecule is NC(=O)c1ccc(OCC(=O)c2ccccc2)cc1F. The minimum absolute atomic E-state index is 0.164. The quantitative estimate of drug-likeness (QED) is 0.849. The van der Waals surface area contributed by atoms with Crippen LogP contribution in [0.1, 0.15) is 20.7 Å². The lowest BCUT2D eigenvalue weighted by atomic mass is 10.1. The zero-order valence-corrected chi connectivity index (χ0v) is 10.5. The summed E-state index contributed by atoms with van der Waals surface area (Å²) < 4.78 is 18.7. The van der Waals surface area contributed by atoms with Gasteiger partial charge in [-0.05, 0) is 12.1 Å². The average molecular weight is 273 g/mol. The van der Waals surface area contributed by atoms with Crippen molar-refractivity contribution in [2.75, 3.05) is 6.61 Å². The summed E-state index contributed by atoms with van der Waals surface area (Å²) in [5, 5.41) is 0. The van der Waals surface area contributed by atoms with Gasteiger partial charge in [-0.25, -0.2) is 4.39 Å². The number of primary amides is 1. The molecule has 0 aromatic heterocycles. The van der Waals surface area contributed by atoms with Crippen LogP contribution in [0.5, 0.6) is 5.75 Å². The molecule has 0 aliphatic heterocycles. The summed E-state index contributed by atoms with van der Waals surface area (Å²) in [6.07, 6.45) is 0. The molecular weight excluding hydrogens is 261 g/mol. The molecule has 0 saturated heterocycles. The van der Waals surface area contributed by atoms with Crippen molar-refractivity contribution < 1.29 is 18.7 Å². The molecule has 0 bridgehead atoms. The first kappa shape index (κ1) is 13.7. The van der Waals surface area contributed by atoms with Gasteiger partial charge < -0.3 is 10.5 Å². The lowest BCUT2D eigenvalue weighted by Crippen LogP contribution is -2.14. The third-order valence-corrected chi connectivity index (χ3v) is 2.67. The molecule has 1 amide bonds. The summed E-state index contributed by atoms with van der Waals surface area (Å²) in [5.41, 5.74) is 5.29. The van der Waals surface area contributed by atoms with Crippen LogP contribution >= 0.6 is 0 Å². The lowest BCUT2D eigenvalue weighted by molar-refractivity contribution is 0.0919. The number of ether oxygens (including phenoxy) is 1. The Morgan fingerprint density at radius 2 is 1.80 bits per heavy atom. The van der Waals surface area contributed by atoms with Crippen LogP contribution in [0.3, 0.4) is 0 Å². The van der Waals surface area contributed by atoms with Crippen LogP contribution in [0.2, 0.25) is 0 Å². The van der Waals surface area contributed by atoms with Gasteiger partial charge in [-0.1, -0.05) is 30.3 Å². The molecule has 5 heteroatoms. The molecule has 0 unspecified atom stereocenters. The first-order chi connectivity index (χ1) is 9.58. The number of carbonyl (C=O) groups excluding carboxylic acids is 2. The Kier molecular flexibility index (Phi) is 4.10. The first-order valence-electron chi connectivity index (χ1n) is 5.88. The number of amides is 1. The molecule has 0 fully saturated rings. The number of rotatable bonds is 5. The zero-order valence-electron chi connectivity index (χ0n) is 10.5. The fourth-order valence-electron chi connectivity index (χ4n) is 1.64. The van der Waals surface area contributed by atoms with Crippen molar-refractivity contribution in [1.29, 1.82) is 0 Å². The van der Waals surface area contributed by atoms with Crippen molar-refractivity contribution in [2.24, 2.45) is 5.73 Å². The standard InChI is InChI=1S/C15H12FNO3/c16-13-8-11(6-7-12(13)15(17)19)20-9-14(18)10-4-2-1-3-5-10/h1-8H,9H2,(H2,17,19). The van der Waals surface area contributed by atoms with Crippen LogP contribution in [0.4, 0.5) is 4.39 Å². The second kappa shape index (κ2) is 5.97. The summed E-state index contributed by atoms with van der Waals surface area (Å²) in [6, 6.07) is 12.3. The predicted octanol–water partition coefficient (Wildman–Crippen LogP) is 2.19. The van der Waals surface area contributed by atoms with Crippen LogP contribution in [-0.4, -0.2) is 18.3 Å². The molecule has 0 radical (unpaired) electrons. The number of benzene rings is 2. The van der Waals surface area contributed by atoms with Gasteiger partial charge in [0.15, 0.2) is 12.4 Å². The minimum atomic E-state index is -0.852. The minimum Gasteiger partial charge on any atom is -0.485 e. The number of nitrogens with two attached hydrogens (primary N) is 1. The highest BCUT2D eigenvalue weighted by Gasteiger charge is 2.10. The zero-order chi connectivity index (χ0) is 14.5. The van der Waals surface area contributed by atoms with Crippen LogP contribution in [0.25, 0.3) is 0 Å². The normalized spacial score (nSPS) is 10.1. The van der Waals surface area contributed by atoms with E-state index in [1.165, 1.54) is 12.1 Å². The van der Waals surface area contributed by atoms with E-state index >= 15 is 0 Å². The van der Waals surface area contributed by atoms with E-state index < -0.39 is 11.7 Å². The summed E-state index contributed by atoms with van der Waals surface area (Å²) in [4.78, 5) is 22.7. The maximum atomic E-state index is 13.5. The van der Waals surface area contributed by atoms with Gasteiger partial charge in [-0.3, -0.25) is 9.59 Å². The third-order valence-electron chi connectivity index (χ3n) is 2.67. The topological polar surface area (TPSA) is 69.4 Å². The van der Waals surface area contributed by atoms with E-state index in [1.54, 1.807) is 30.3 Å². The monoisotopic (exact) mass is 273 g/mol. The number of hydrogen-bond donors (Lipinski definition) is 1. The molecule has 2 aromatic rings. The highest BCUT2D eigenvalue weighted by Crippen LogP contribution is 2.16. The average Bonchev–Trinajstić information content (AvgIpc) is 2.45. The van der Waals surface area contributed by atoms with Crippen molar-refractivity contribution in [2.45, 2.75) is 0 Å². The van der Waals surface area contributed by atoms with Crippen LogP contribution in [-0.2, 0) is 0 Å². The van der Waals surface area contributed by atoms with Crippen molar-refractivity contribution in [1.82, 2.24) is 0 Å². The number of halogens is 1. The highest BCUT2D eigenvalue weighted by molar-refractivity contribution is 5.97. The molecule has 0 saturated carbocycles. The van der Waals surface area contributed by atoms with E-state index in [0.29, 0.717) is 5.56 Å². The number of Topliss-reactive ketones (excluding diaryl/α,β-unsaturated/α-hetero) is 1. The van der Waals surface area contributed by atoms with Gasteiger partial charge in [0, 0.05) is 11.6 Å². The molecular formula is C15H12FNO3. The van der Waals surface area contributed by atoms with Crippen LogP contribution in [0, 0.1) is 5.82 Å². The Labute approximate surface area is 115 Å². The second-order valence-corrected chi connectivity index (χ2v) is 4.08. The van der Waals surface area contributed by atoms with Gasteiger partial charge >= 0.3 is 0 Å². The van der Waals surface area contributed by atoms with E-state index in [1.807, 2.05) is 0 Å². The molecule has 2 N–H and O–H groups in total. The second-order valence-electron chi connectivity index (χ2n) is 4.08. The Morgan fingerprint density at radius 3 is 2.40 bits per heavy atom. The highest BCUT2D eigenvalue weighted by atomic mass is 19.1. The van der Waals surface area contributed by atoms with Crippen molar-refractivity contribution in [3.8, 4) is 5.75 Å². The fourth-order valence-corrected chi connectivity index (χ4v) is 1.64. The molecule has 0 heterocycles. The van der Waals surface area contributed by atoms with Gasteiger partial charge in [-0.2, -0.15) is 0 Å². The number of carbonyl (C=O) groups is 2. The van der Waals surface area contributed by atoms with Crippen molar-refractivity contribution in [3.05, 3.63) is 65.5 Å². The Morgan fingerprint density at radius 1 is 1.10 bits per heavy atom. The maximum Gasteiger partial charge on any atom is 0.251 e. The molecule has 0 aliphatic carbocycles. The molecule has 0 spiro atoms. The summed E-state index contributed by atoms with van der Waals surface area (Å²) in [5.74, 6) is -1.68. The summed E-state index contributed by atoms with van der Waals surface area (Å²) in [7, 11) is 0. The molecule has 4 nitrogen and oxygen atoms in total. The fraction of sp³-hybridized carbons (Fsp3) is 0.0667. The van der Waals surface area contributed by atoms with Crippen molar-refractivity contribution in [3.63, 3.8) is 0 Å². The number of hydrogen-bond acceptors (Lipinski definition) is 3. The van der Waals surface area contributed by atoms with E-state index in [2.05, 4.69) is 0 Å². The van der Waals surface area contributed by atoms with E-state index in [9.17, 15) is 14.0 Å². The molecule has 102 valence electrons. The Bertz CT molecular complexity index is 641. The first-order valence-corrected chi connectivity index (χ1v) is 5.88. The van der Waals surface area contributed by atoms with Gasteiger partial charge in [-0.15, -0.1) is 0 Å². The summed E-state index contributed by atoms with van der Waals surface area (Å²) >= 11 is 0. The molecule has 2 aromatic carbocycles. The van der Waals surface area contributed by atoms with E-state index in [4.69, 9.17) is 10.5 Å². The lowest BCUT2D eigenvalue weighted by Gasteiger charge is -2.07. The van der Waals surface area contributed by atoms with E-state index in [0.717, 1.165) is 6.07 Å². The predicted molar refractivity (Wildman–Crippen MR) is 71.2 cm³/mol. The Hall–Kier alpha value is -2.69. The third kappa shape index (κ3) is 3.20. The van der Waals surface area contributed by atoms with Gasteiger partial charge in [0.2, 0.25) is 0 Å². The number of ketones is 1.